The Hall–Kier alpha value is 0. The van der Waals surface area contributed by atoms with Crippen LogP contribution in [0.25, 0.3) is 0 Å². The zero-order valence-corrected chi connectivity index (χ0v) is 13.5. The van der Waals surface area contributed by atoms with Gasteiger partial charge in [0.05, 0.1) is 0 Å². The first-order valence-electron chi connectivity index (χ1n) is 7.87. The van der Waals surface area contributed by atoms with Gasteiger partial charge in [0, 0.05) is 0 Å². The minimum Gasteiger partial charge on any atom is -0.0654 e. The largest absolute Gasteiger partial charge is 0.0654 e. The smallest absolute Gasteiger partial charge is 0.0270 e. The Kier molecular flexibility index (Phi) is 7.44. The fourth-order valence-electron chi connectivity index (χ4n) is 3.81. The van der Waals surface area contributed by atoms with Crippen molar-refractivity contribution in [3.8, 4) is 0 Å². The molecular formula is C17H36. The standard InChI is InChI=1S/C17H36/c1-8-12-16(6,7)14-17(11-4,13-9-2)15(5)10-3/h15H,8-14H2,1-7H3. The zero-order valence-electron chi connectivity index (χ0n) is 13.5. The van der Waals surface area contributed by atoms with Crippen LogP contribution in [0.2, 0.25) is 0 Å². The van der Waals surface area contributed by atoms with Gasteiger partial charge in [-0.15, -0.1) is 0 Å². The molecule has 0 saturated carbocycles. The van der Waals surface area contributed by atoms with Crippen molar-refractivity contribution in [3.63, 3.8) is 0 Å². The van der Waals surface area contributed by atoms with E-state index < -0.39 is 0 Å². The van der Waals surface area contributed by atoms with E-state index in [0.717, 1.165) is 5.92 Å². The quantitative estimate of drug-likeness (QED) is 0.434. The Morgan fingerprint density at radius 1 is 0.882 bits per heavy atom. The molecule has 0 aliphatic rings. The highest BCUT2D eigenvalue weighted by Gasteiger charge is 2.37. The molecule has 0 aromatic carbocycles. The van der Waals surface area contributed by atoms with E-state index in [0.29, 0.717) is 10.8 Å². The molecule has 2 unspecified atom stereocenters. The van der Waals surface area contributed by atoms with Crippen LogP contribution in [0.15, 0.2) is 0 Å². The highest BCUT2D eigenvalue weighted by atomic mass is 14.4. The van der Waals surface area contributed by atoms with E-state index in [1.807, 2.05) is 0 Å². The van der Waals surface area contributed by atoms with Gasteiger partial charge in [-0.3, -0.25) is 0 Å². The lowest BCUT2D eigenvalue weighted by molar-refractivity contribution is 0.0659. The molecule has 0 heterocycles. The van der Waals surface area contributed by atoms with E-state index in [2.05, 4.69) is 48.5 Å². The molecule has 0 radical (unpaired) electrons. The molecule has 0 amide bonds. The summed E-state index contributed by atoms with van der Waals surface area (Å²) < 4.78 is 0. The lowest BCUT2D eigenvalue weighted by Crippen LogP contribution is -2.33. The molecule has 104 valence electrons. The third-order valence-corrected chi connectivity index (χ3v) is 4.87. The molecule has 17 heavy (non-hydrogen) atoms. The van der Waals surface area contributed by atoms with Gasteiger partial charge in [-0.05, 0) is 36.0 Å². The number of hydrogen-bond donors (Lipinski definition) is 0. The van der Waals surface area contributed by atoms with Crippen molar-refractivity contribution in [3.05, 3.63) is 0 Å². The Morgan fingerprint density at radius 3 is 1.76 bits per heavy atom. The maximum atomic E-state index is 2.47. The van der Waals surface area contributed by atoms with Gasteiger partial charge in [0.15, 0.2) is 0 Å². The van der Waals surface area contributed by atoms with Crippen molar-refractivity contribution < 1.29 is 0 Å². The molecule has 0 aromatic rings. The summed E-state index contributed by atoms with van der Waals surface area (Å²) in [6.45, 7) is 16.8. The van der Waals surface area contributed by atoms with Gasteiger partial charge in [-0.25, -0.2) is 0 Å². The van der Waals surface area contributed by atoms with E-state index >= 15 is 0 Å². The van der Waals surface area contributed by atoms with E-state index in [1.54, 1.807) is 0 Å². The van der Waals surface area contributed by atoms with E-state index in [4.69, 9.17) is 0 Å². The first-order valence-corrected chi connectivity index (χ1v) is 7.87. The fraction of sp³-hybridized carbons (Fsp3) is 1.00. The predicted octanol–water partition coefficient (Wildman–Crippen LogP) is 6.45. The monoisotopic (exact) mass is 240 g/mol. The van der Waals surface area contributed by atoms with E-state index in [-0.39, 0.29) is 0 Å². The lowest BCUT2D eigenvalue weighted by Gasteiger charge is -2.44. The minimum absolute atomic E-state index is 0.517. The van der Waals surface area contributed by atoms with Crippen LogP contribution < -0.4 is 0 Å². The minimum atomic E-state index is 0.517. The van der Waals surface area contributed by atoms with Gasteiger partial charge >= 0.3 is 0 Å². The van der Waals surface area contributed by atoms with Crippen molar-refractivity contribution in [2.24, 2.45) is 16.7 Å². The maximum absolute atomic E-state index is 2.47. The predicted molar refractivity (Wildman–Crippen MR) is 80.4 cm³/mol. The van der Waals surface area contributed by atoms with Crippen molar-refractivity contribution in [1.82, 2.24) is 0 Å². The third-order valence-electron chi connectivity index (χ3n) is 4.87. The SMILES string of the molecule is CCCC(C)(C)CC(CC)(CCC)C(C)CC. The second-order valence-corrected chi connectivity index (χ2v) is 6.87. The second kappa shape index (κ2) is 7.44. The fourth-order valence-corrected chi connectivity index (χ4v) is 3.81. The summed E-state index contributed by atoms with van der Waals surface area (Å²) in [7, 11) is 0. The van der Waals surface area contributed by atoms with Gasteiger partial charge in [0.2, 0.25) is 0 Å². The van der Waals surface area contributed by atoms with Gasteiger partial charge in [-0.1, -0.05) is 74.1 Å². The van der Waals surface area contributed by atoms with Gasteiger partial charge in [0.1, 0.15) is 0 Å². The zero-order chi connectivity index (χ0) is 13.5. The number of hydrogen-bond acceptors (Lipinski definition) is 0. The Balaban J connectivity index is 4.90. The summed E-state index contributed by atoms with van der Waals surface area (Å²) in [4.78, 5) is 0. The topological polar surface area (TPSA) is 0 Å². The summed E-state index contributed by atoms with van der Waals surface area (Å²) in [5, 5.41) is 0. The highest BCUT2D eigenvalue weighted by Crippen LogP contribution is 2.48. The second-order valence-electron chi connectivity index (χ2n) is 6.87. The number of rotatable bonds is 9. The van der Waals surface area contributed by atoms with Crippen LogP contribution >= 0.6 is 0 Å². The average molecular weight is 240 g/mol. The first kappa shape index (κ1) is 17.0. The van der Waals surface area contributed by atoms with Crippen LogP contribution in [-0.2, 0) is 0 Å². The summed E-state index contributed by atoms with van der Waals surface area (Å²) in [6, 6.07) is 0. The maximum Gasteiger partial charge on any atom is -0.0270 e. The van der Waals surface area contributed by atoms with Crippen molar-refractivity contribution in [2.45, 2.75) is 93.4 Å². The molecule has 0 rings (SSSR count). The molecule has 0 fully saturated rings. The summed E-state index contributed by atoms with van der Waals surface area (Å²) >= 11 is 0. The molecule has 0 nitrogen and oxygen atoms in total. The summed E-state index contributed by atoms with van der Waals surface area (Å²) in [5.74, 6) is 0.864. The van der Waals surface area contributed by atoms with Crippen molar-refractivity contribution in [2.75, 3.05) is 0 Å². The van der Waals surface area contributed by atoms with Crippen LogP contribution in [0.4, 0.5) is 0 Å². The Morgan fingerprint density at radius 2 is 1.41 bits per heavy atom. The summed E-state index contributed by atoms with van der Waals surface area (Å²) in [5.41, 5.74) is 1.10. The van der Waals surface area contributed by atoms with Crippen LogP contribution in [0.5, 0.6) is 0 Å². The molecule has 0 aliphatic heterocycles. The molecule has 0 N–H and O–H groups in total. The molecule has 0 saturated heterocycles. The molecule has 0 aromatic heterocycles. The molecule has 0 heteroatoms. The molecular weight excluding hydrogens is 204 g/mol. The van der Waals surface area contributed by atoms with Crippen LogP contribution in [0.3, 0.4) is 0 Å². The average Bonchev–Trinajstić information content (AvgIpc) is 2.26. The van der Waals surface area contributed by atoms with E-state index in [9.17, 15) is 0 Å². The molecule has 0 bridgehead atoms. The Bertz CT molecular complexity index is 192. The highest BCUT2D eigenvalue weighted by molar-refractivity contribution is 4.88. The van der Waals surface area contributed by atoms with Gasteiger partial charge < -0.3 is 0 Å². The van der Waals surface area contributed by atoms with Crippen LogP contribution in [0.1, 0.15) is 93.4 Å². The van der Waals surface area contributed by atoms with Crippen LogP contribution in [-0.4, -0.2) is 0 Å². The van der Waals surface area contributed by atoms with Crippen molar-refractivity contribution in [1.29, 1.82) is 0 Å². The summed E-state index contributed by atoms with van der Waals surface area (Å²) in [6.07, 6.45) is 9.52. The van der Waals surface area contributed by atoms with E-state index in [1.165, 1.54) is 44.9 Å². The molecule has 0 aliphatic carbocycles. The third kappa shape index (κ3) is 5.02. The first-order chi connectivity index (χ1) is 7.87. The normalized spacial score (nSPS) is 17.8. The lowest BCUT2D eigenvalue weighted by atomic mass is 9.61. The Labute approximate surface area is 111 Å². The van der Waals surface area contributed by atoms with Gasteiger partial charge in [0.25, 0.3) is 0 Å². The molecule has 0 spiro atoms. The molecule has 2 atom stereocenters. The van der Waals surface area contributed by atoms with Gasteiger partial charge in [-0.2, -0.15) is 0 Å². The van der Waals surface area contributed by atoms with Crippen LogP contribution in [0, 0.1) is 16.7 Å². The van der Waals surface area contributed by atoms with Crippen molar-refractivity contribution >= 4 is 0 Å².